The normalized spacial score (nSPS) is 13.3. The second-order valence-corrected chi connectivity index (χ2v) is 3.85. The van der Waals surface area contributed by atoms with E-state index < -0.39 is 0 Å². The molecule has 3 rings (SSSR count). The number of rotatable bonds is 0. The summed E-state index contributed by atoms with van der Waals surface area (Å²) < 4.78 is 0. The van der Waals surface area contributed by atoms with Gasteiger partial charge in [0.15, 0.2) is 11.6 Å². The van der Waals surface area contributed by atoms with E-state index in [0.717, 1.165) is 10.9 Å². The molecule has 0 fully saturated rings. The molecule has 4 nitrogen and oxygen atoms in total. The van der Waals surface area contributed by atoms with E-state index in [9.17, 15) is 9.59 Å². The van der Waals surface area contributed by atoms with Crippen molar-refractivity contribution in [1.82, 2.24) is 4.98 Å². The Morgan fingerprint density at radius 1 is 0.895 bits per heavy atom. The summed E-state index contributed by atoms with van der Waals surface area (Å²) in [6, 6.07) is 8.98. The molecule has 1 aromatic carbocycles. The molecule has 0 unspecified atom stereocenters. The van der Waals surface area contributed by atoms with Crippen LogP contribution in [-0.2, 0) is 9.59 Å². The van der Waals surface area contributed by atoms with E-state index >= 15 is 0 Å². The first-order valence-corrected chi connectivity index (χ1v) is 5.63. The van der Waals surface area contributed by atoms with Crippen molar-refractivity contribution >= 4 is 22.5 Å². The summed E-state index contributed by atoms with van der Waals surface area (Å²) >= 11 is 0. The van der Waals surface area contributed by atoms with Crippen LogP contribution in [0.5, 0.6) is 5.75 Å². The molecule has 0 amide bonds. The highest BCUT2D eigenvalue weighted by atomic mass is 16.3. The first-order chi connectivity index (χ1) is 9.15. The van der Waals surface area contributed by atoms with Gasteiger partial charge in [0.2, 0.25) is 0 Å². The predicted molar refractivity (Wildman–Crippen MR) is 71.7 cm³/mol. The zero-order valence-corrected chi connectivity index (χ0v) is 9.98. The number of aromatic nitrogens is 1. The number of pyridine rings is 1. The molecule has 1 aromatic heterocycles. The number of nitrogens with zero attached hydrogens (tertiary/aromatic N) is 1. The SMILES string of the molecule is O=C1C=CC(=O)C=C1.Oc1ccc2cccnc2c1. The van der Waals surface area contributed by atoms with Crippen LogP contribution in [0.25, 0.3) is 10.9 Å². The van der Waals surface area contributed by atoms with Gasteiger partial charge in [0.05, 0.1) is 5.52 Å². The lowest BCUT2D eigenvalue weighted by Gasteiger charge is -1.95. The van der Waals surface area contributed by atoms with E-state index in [1.54, 1.807) is 18.3 Å². The summed E-state index contributed by atoms with van der Waals surface area (Å²) in [5, 5.41) is 10.1. The molecule has 0 radical (unpaired) electrons. The van der Waals surface area contributed by atoms with Gasteiger partial charge < -0.3 is 5.11 Å². The molecule has 2 aromatic rings. The van der Waals surface area contributed by atoms with Gasteiger partial charge in [0.1, 0.15) is 5.75 Å². The van der Waals surface area contributed by atoms with Crippen molar-refractivity contribution in [2.24, 2.45) is 0 Å². The number of ketones is 2. The lowest BCUT2D eigenvalue weighted by atomic mass is 10.2. The van der Waals surface area contributed by atoms with Crippen LogP contribution >= 0.6 is 0 Å². The summed E-state index contributed by atoms with van der Waals surface area (Å²) in [6.07, 6.45) is 6.72. The number of carbonyl (C=O) groups excluding carboxylic acids is 2. The zero-order valence-electron chi connectivity index (χ0n) is 9.98. The van der Waals surface area contributed by atoms with Crippen molar-refractivity contribution in [3.63, 3.8) is 0 Å². The Labute approximate surface area is 109 Å². The highest BCUT2D eigenvalue weighted by molar-refractivity contribution is 6.14. The summed E-state index contributed by atoms with van der Waals surface area (Å²) in [7, 11) is 0. The Kier molecular flexibility index (Phi) is 3.83. The van der Waals surface area contributed by atoms with Gasteiger partial charge in [-0.3, -0.25) is 14.6 Å². The van der Waals surface area contributed by atoms with Crippen LogP contribution in [0.1, 0.15) is 0 Å². The zero-order chi connectivity index (χ0) is 13.7. The summed E-state index contributed by atoms with van der Waals surface area (Å²) in [5.74, 6) is 0.0189. The van der Waals surface area contributed by atoms with Crippen LogP contribution < -0.4 is 0 Å². The van der Waals surface area contributed by atoms with Gasteiger partial charge in [0, 0.05) is 17.6 Å². The Morgan fingerprint density at radius 3 is 2.16 bits per heavy atom. The van der Waals surface area contributed by atoms with Gasteiger partial charge in [-0.2, -0.15) is 0 Å². The first kappa shape index (κ1) is 12.7. The second kappa shape index (κ2) is 5.73. The van der Waals surface area contributed by atoms with Crippen molar-refractivity contribution in [2.75, 3.05) is 0 Å². The van der Waals surface area contributed by atoms with Crippen molar-refractivity contribution in [3.8, 4) is 5.75 Å². The standard InChI is InChI=1S/C9H7NO.C6H4O2/c11-8-4-3-7-2-1-5-10-9(7)6-8;7-5-1-2-6(8)4-3-5/h1-6,11H;1-4H. The van der Waals surface area contributed by atoms with Gasteiger partial charge in [0.25, 0.3) is 0 Å². The Morgan fingerprint density at radius 2 is 1.53 bits per heavy atom. The molecule has 0 bridgehead atoms. The smallest absolute Gasteiger partial charge is 0.178 e. The maximum Gasteiger partial charge on any atom is 0.178 e. The minimum absolute atomic E-state index is 0.121. The molecule has 1 heterocycles. The Balaban J connectivity index is 0.000000148. The van der Waals surface area contributed by atoms with Crippen molar-refractivity contribution in [2.45, 2.75) is 0 Å². The predicted octanol–water partition coefficient (Wildman–Crippen LogP) is 2.19. The molecule has 0 saturated carbocycles. The number of phenolic OH excluding ortho intramolecular Hbond substituents is 1. The van der Waals surface area contributed by atoms with Crippen LogP contribution in [0.3, 0.4) is 0 Å². The molecule has 1 N–H and O–H groups in total. The van der Waals surface area contributed by atoms with E-state index in [1.165, 1.54) is 24.3 Å². The van der Waals surface area contributed by atoms with Crippen molar-refractivity contribution in [3.05, 3.63) is 60.8 Å². The van der Waals surface area contributed by atoms with Gasteiger partial charge in [-0.1, -0.05) is 6.07 Å². The van der Waals surface area contributed by atoms with Crippen LogP contribution in [0, 0.1) is 0 Å². The van der Waals surface area contributed by atoms with Gasteiger partial charge in [-0.25, -0.2) is 0 Å². The van der Waals surface area contributed by atoms with Crippen LogP contribution in [-0.4, -0.2) is 21.7 Å². The number of fused-ring (bicyclic) bond motifs is 1. The number of benzene rings is 1. The molecule has 94 valence electrons. The van der Waals surface area contributed by atoms with Crippen molar-refractivity contribution in [1.29, 1.82) is 0 Å². The fourth-order valence-electron chi connectivity index (χ4n) is 1.49. The lowest BCUT2D eigenvalue weighted by Crippen LogP contribution is -1.97. The van der Waals surface area contributed by atoms with E-state index in [-0.39, 0.29) is 17.3 Å². The largest absolute Gasteiger partial charge is 0.508 e. The minimum atomic E-state index is -0.121. The third kappa shape index (κ3) is 3.61. The topological polar surface area (TPSA) is 67.3 Å². The van der Waals surface area contributed by atoms with E-state index in [4.69, 9.17) is 5.11 Å². The molecule has 0 saturated heterocycles. The first-order valence-electron chi connectivity index (χ1n) is 5.63. The number of carbonyl (C=O) groups is 2. The number of phenols is 1. The maximum absolute atomic E-state index is 10.3. The highest BCUT2D eigenvalue weighted by Crippen LogP contribution is 2.16. The van der Waals surface area contributed by atoms with Crippen LogP contribution in [0.4, 0.5) is 0 Å². The average Bonchev–Trinajstić information content (AvgIpc) is 2.43. The third-order valence-electron chi connectivity index (χ3n) is 2.41. The van der Waals surface area contributed by atoms with E-state index in [1.807, 2.05) is 18.2 Å². The molecular formula is C15H11NO3. The average molecular weight is 253 g/mol. The molecule has 4 heteroatoms. The summed E-state index contributed by atoms with van der Waals surface area (Å²) in [4.78, 5) is 24.6. The molecule has 19 heavy (non-hydrogen) atoms. The quantitative estimate of drug-likeness (QED) is 0.731. The minimum Gasteiger partial charge on any atom is -0.508 e. The third-order valence-corrected chi connectivity index (χ3v) is 2.41. The number of aromatic hydroxyl groups is 1. The maximum atomic E-state index is 10.3. The number of hydrogen-bond donors (Lipinski definition) is 1. The van der Waals surface area contributed by atoms with E-state index in [2.05, 4.69) is 4.98 Å². The van der Waals surface area contributed by atoms with E-state index in [0.29, 0.717) is 0 Å². The highest BCUT2D eigenvalue weighted by Gasteiger charge is 1.98. The number of allylic oxidation sites excluding steroid dienone is 4. The van der Waals surface area contributed by atoms with Gasteiger partial charge in [-0.05, 0) is 42.5 Å². The van der Waals surface area contributed by atoms with Crippen LogP contribution in [0.2, 0.25) is 0 Å². The number of hydrogen-bond acceptors (Lipinski definition) is 4. The molecule has 0 aliphatic heterocycles. The Hall–Kier alpha value is -2.75. The second-order valence-electron chi connectivity index (χ2n) is 3.85. The van der Waals surface area contributed by atoms with Crippen LogP contribution in [0.15, 0.2) is 60.8 Å². The van der Waals surface area contributed by atoms with Crippen molar-refractivity contribution < 1.29 is 14.7 Å². The Bertz CT molecular complexity index is 649. The lowest BCUT2D eigenvalue weighted by molar-refractivity contribution is -0.113. The fraction of sp³-hybridized carbons (Fsp3) is 0. The molecule has 0 atom stereocenters. The summed E-state index contributed by atoms with van der Waals surface area (Å²) in [6.45, 7) is 0. The van der Waals surface area contributed by atoms with Gasteiger partial charge in [-0.15, -0.1) is 0 Å². The molecule has 1 aliphatic carbocycles. The summed E-state index contributed by atoms with van der Waals surface area (Å²) in [5.41, 5.74) is 0.826. The van der Waals surface area contributed by atoms with Gasteiger partial charge >= 0.3 is 0 Å². The monoisotopic (exact) mass is 253 g/mol. The fourth-order valence-corrected chi connectivity index (χ4v) is 1.49. The molecular weight excluding hydrogens is 242 g/mol. The molecule has 0 spiro atoms. The molecule has 1 aliphatic rings.